The molecule has 0 aromatic carbocycles. The minimum Gasteiger partial charge on any atom is -0.394 e. The number of aliphatic hydroxyl groups is 1. The maximum absolute atomic E-state index is 14.4. The van der Waals surface area contributed by atoms with Crippen LogP contribution in [-0.4, -0.2) is 170 Å². The number of nitrogens with one attached hydrogen (secondary N) is 10. The van der Waals surface area contributed by atoms with Crippen molar-refractivity contribution in [2.45, 2.75) is 297 Å². The second-order valence-corrected chi connectivity index (χ2v) is 28.1. The van der Waals surface area contributed by atoms with Gasteiger partial charge in [0, 0.05) is 32.2 Å². The highest BCUT2D eigenvalue weighted by Gasteiger charge is 2.45. The lowest BCUT2D eigenvalue weighted by molar-refractivity contribution is -0.145. The van der Waals surface area contributed by atoms with Crippen LogP contribution in [0.2, 0.25) is 0 Å². The van der Waals surface area contributed by atoms with Gasteiger partial charge in [0.05, 0.1) is 12.6 Å². The zero-order chi connectivity index (χ0) is 72.1. The fourth-order valence-electron chi connectivity index (χ4n) is 10.6. The molecule has 8 atom stereocenters. The van der Waals surface area contributed by atoms with Crippen molar-refractivity contribution in [2.75, 3.05) is 13.2 Å². The summed E-state index contributed by atoms with van der Waals surface area (Å²) >= 11 is 0. The van der Waals surface area contributed by atoms with E-state index in [0.717, 1.165) is 32.1 Å². The molecule has 0 aliphatic carbocycles. The van der Waals surface area contributed by atoms with Crippen molar-refractivity contribution in [1.82, 2.24) is 58.1 Å². The van der Waals surface area contributed by atoms with Gasteiger partial charge in [0.1, 0.15) is 58.4 Å². The van der Waals surface area contributed by atoms with Crippen LogP contribution < -0.4 is 70.4 Å². The van der Waals surface area contributed by atoms with Crippen LogP contribution in [0, 0.1) is 17.8 Å². The molecule has 1 fully saturated rings. The van der Waals surface area contributed by atoms with E-state index in [4.69, 9.17) is 17.2 Å². The zero-order valence-electron chi connectivity index (χ0n) is 58.7. The molecular formula is C65H116N14O15. The van der Waals surface area contributed by atoms with E-state index >= 15 is 0 Å². The summed E-state index contributed by atoms with van der Waals surface area (Å²) in [5.74, 6) is -11.2. The molecule has 0 aromatic rings. The fourth-order valence-corrected chi connectivity index (χ4v) is 10.6. The van der Waals surface area contributed by atoms with E-state index in [0.29, 0.717) is 19.3 Å². The largest absolute Gasteiger partial charge is 0.394 e. The summed E-state index contributed by atoms with van der Waals surface area (Å²) < 4.78 is 0. The average molecular weight is 1330 g/mol. The van der Waals surface area contributed by atoms with Gasteiger partial charge in [-0.05, 0) is 130 Å². The predicted molar refractivity (Wildman–Crippen MR) is 353 cm³/mol. The summed E-state index contributed by atoms with van der Waals surface area (Å²) in [6.07, 6.45) is 6.26. The van der Waals surface area contributed by atoms with Crippen molar-refractivity contribution in [3.63, 3.8) is 0 Å². The molecule has 94 heavy (non-hydrogen) atoms. The minimum absolute atomic E-state index is 0.0863. The highest BCUT2D eigenvalue weighted by atomic mass is 16.3. The molecule has 0 spiro atoms. The lowest BCUT2D eigenvalue weighted by atomic mass is 9.94. The van der Waals surface area contributed by atoms with Gasteiger partial charge < -0.3 is 80.4 Å². The number of rotatable bonds is 45. The Labute approximate surface area is 555 Å². The summed E-state index contributed by atoms with van der Waals surface area (Å²) in [6, 6.07) is -8.68. The van der Waals surface area contributed by atoms with E-state index in [1.54, 1.807) is 20.8 Å². The molecule has 1 rings (SSSR count). The van der Waals surface area contributed by atoms with Crippen LogP contribution in [0.1, 0.15) is 232 Å². The Morgan fingerprint density at radius 2 is 0.883 bits per heavy atom. The first-order valence-corrected chi connectivity index (χ1v) is 33.4. The number of aliphatic hydroxyl groups excluding tert-OH is 1. The smallest absolute Gasteiger partial charge is 0.248 e. The van der Waals surface area contributed by atoms with Gasteiger partial charge in [-0.25, -0.2) is 0 Å². The van der Waals surface area contributed by atoms with Crippen LogP contribution in [0.25, 0.3) is 0 Å². The molecule has 1 aliphatic heterocycles. The van der Waals surface area contributed by atoms with E-state index in [1.165, 1.54) is 45.9 Å². The number of likely N-dealkylation sites (tertiary alicyclic amines) is 1. The average Bonchev–Trinajstić information content (AvgIpc) is 1.42. The topological polar surface area (TPSA) is 461 Å². The molecule has 1 saturated heterocycles. The first kappa shape index (κ1) is 84.6. The van der Waals surface area contributed by atoms with Gasteiger partial charge in [-0.15, -0.1) is 0 Å². The molecule has 1 heterocycles. The number of nitrogens with two attached hydrogens (primary N) is 3. The van der Waals surface area contributed by atoms with Gasteiger partial charge in [-0.2, -0.15) is 0 Å². The monoisotopic (exact) mass is 1330 g/mol. The molecule has 0 bridgehead atoms. The molecule has 536 valence electrons. The molecule has 0 saturated carbocycles. The van der Waals surface area contributed by atoms with Crippen molar-refractivity contribution >= 4 is 82.7 Å². The predicted octanol–water partition coefficient (Wildman–Crippen LogP) is 0.923. The SMILES string of the molecule is CCCCCCCCCC(=O)NC(C)(C)C(=O)N1CCC[C@H]1C(=O)N[C@@H](CC(C)C)C(=O)N[C@](C)(CC)C(=O)N[C@@H](CCC(N)=O)C(=O)N[C@@H](CCC(N)=O)C(=O)NC(C)(C)C(=O)NC(C)(C)C(=O)N[C@@H](CCC(N)=O)C(=O)N[C@@H](CC(C)C)C(=O)N[C@H](CO)CC(C)C. The Balaban J connectivity index is 3.40. The number of hydrogen-bond acceptors (Lipinski definition) is 15. The van der Waals surface area contributed by atoms with Gasteiger partial charge in [-0.3, -0.25) is 67.1 Å². The Kier molecular flexibility index (Phi) is 36.0. The van der Waals surface area contributed by atoms with Gasteiger partial charge in [0.15, 0.2) is 0 Å². The van der Waals surface area contributed by atoms with E-state index in [9.17, 15) is 72.2 Å². The third kappa shape index (κ3) is 30.3. The van der Waals surface area contributed by atoms with Crippen molar-refractivity contribution < 1.29 is 72.2 Å². The second kappa shape index (κ2) is 40.1. The molecular weight excluding hydrogens is 1220 g/mol. The number of hydrogen-bond donors (Lipinski definition) is 14. The number of carbonyl (C=O) groups excluding carboxylic acids is 14. The molecule has 0 unspecified atom stereocenters. The zero-order valence-corrected chi connectivity index (χ0v) is 58.7. The Morgan fingerprint density at radius 1 is 0.457 bits per heavy atom. The molecule has 0 aromatic heterocycles. The lowest BCUT2D eigenvalue weighted by Crippen LogP contribution is -2.66. The lowest BCUT2D eigenvalue weighted by Gasteiger charge is -2.35. The van der Waals surface area contributed by atoms with E-state index in [-0.39, 0.29) is 81.8 Å². The van der Waals surface area contributed by atoms with Crippen LogP contribution >= 0.6 is 0 Å². The van der Waals surface area contributed by atoms with Crippen molar-refractivity contribution in [1.29, 1.82) is 0 Å². The van der Waals surface area contributed by atoms with Crippen LogP contribution in [0.5, 0.6) is 0 Å². The molecule has 0 radical (unpaired) electrons. The summed E-state index contributed by atoms with van der Waals surface area (Å²) in [4.78, 5) is 191. The van der Waals surface area contributed by atoms with Crippen molar-refractivity contribution in [3.05, 3.63) is 0 Å². The maximum atomic E-state index is 14.4. The molecule has 1 aliphatic rings. The van der Waals surface area contributed by atoms with Crippen LogP contribution in [0.15, 0.2) is 0 Å². The van der Waals surface area contributed by atoms with Crippen molar-refractivity contribution in [3.8, 4) is 0 Å². The van der Waals surface area contributed by atoms with E-state index in [2.05, 4.69) is 60.1 Å². The summed E-state index contributed by atoms with van der Waals surface area (Å²) in [6.45, 7) is 24.3. The number of amides is 14. The molecule has 17 N–H and O–H groups in total. The Hall–Kier alpha value is -7.46. The Bertz CT molecular complexity index is 2610. The van der Waals surface area contributed by atoms with Gasteiger partial charge in [0.2, 0.25) is 82.7 Å². The van der Waals surface area contributed by atoms with Crippen molar-refractivity contribution in [2.24, 2.45) is 35.0 Å². The number of nitrogens with zero attached hydrogens (tertiary/aromatic N) is 1. The first-order valence-electron chi connectivity index (χ1n) is 33.4. The van der Waals surface area contributed by atoms with Gasteiger partial charge in [-0.1, -0.05) is 93.9 Å². The Morgan fingerprint density at radius 3 is 1.35 bits per heavy atom. The number of unbranched alkanes of at least 4 members (excludes halogenated alkanes) is 6. The normalized spacial score (nSPS) is 16.0. The highest BCUT2D eigenvalue weighted by Crippen LogP contribution is 2.24. The molecule has 14 amide bonds. The minimum atomic E-state index is -1.92. The third-order valence-corrected chi connectivity index (χ3v) is 16.3. The first-order chi connectivity index (χ1) is 43.6. The number of carbonyl (C=O) groups is 14. The van der Waals surface area contributed by atoms with Gasteiger partial charge >= 0.3 is 0 Å². The van der Waals surface area contributed by atoms with Crippen LogP contribution in [-0.2, 0) is 67.1 Å². The fraction of sp³-hybridized carbons (Fsp3) is 0.785. The van der Waals surface area contributed by atoms with E-state index in [1.807, 2.05) is 41.5 Å². The summed E-state index contributed by atoms with van der Waals surface area (Å²) in [5.41, 5.74) is 9.43. The van der Waals surface area contributed by atoms with Crippen LogP contribution in [0.3, 0.4) is 0 Å². The second-order valence-electron chi connectivity index (χ2n) is 28.1. The maximum Gasteiger partial charge on any atom is 0.248 e. The van der Waals surface area contributed by atoms with E-state index < -0.39 is 167 Å². The molecule has 29 nitrogen and oxygen atoms in total. The summed E-state index contributed by atoms with van der Waals surface area (Å²) in [5, 5.41) is 36.2. The number of primary amides is 3. The summed E-state index contributed by atoms with van der Waals surface area (Å²) in [7, 11) is 0. The quantitative estimate of drug-likeness (QED) is 0.0377. The highest BCUT2D eigenvalue weighted by molar-refractivity contribution is 6.01. The molecule has 29 heteroatoms. The van der Waals surface area contributed by atoms with Gasteiger partial charge in [0.25, 0.3) is 0 Å². The third-order valence-electron chi connectivity index (χ3n) is 16.3. The van der Waals surface area contributed by atoms with Crippen LogP contribution in [0.4, 0.5) is 0 Å². The standard InChI is InChI=1S/C65H116N14O15/c1-16-18-19-20-21-22-23-26-51(84)75-64(13,14)61(94)79-33-24-25-47(79)57(90)72-46(36-40(7)8)56(89)77-65(15,17-2)60(93)74-43(28-31-49(67)82)52(85)70-44(29-32-50(68)83)55(88)76-63(11,12)59(92)78-62(9,10)58(91)73-42(27-30-48(66)81)53(86)71-45(35-39(5)6)54(87)69-41(37-80)34-38(3)4/h38-47,80H,16-37H2,1-15H3,(H2,66,81)(H2,67,82)(H2,68,83)(H,69,87)(H,70,85)(H,71,86)(H,72,90)(H,73,91)(H,74,93)(H,75,84)(H,76,88)(H,77,89)(H,78,92)/t41-,42-,43-,44-,45-,46-,47-,65+/m0/s1.